The Kier molecular flexibility index (Phi) is 2.75. The fourth-order valence-corrected chi connectivity index (χ4v) is 2.73. The van der Waals surface area contributed by atoms with Crippen LogP contribution < -0.4 is 5.56 Å². The van der Waals surface area contributed by atoms with Crippen molar-refractivity contribution in [1.29, 1.82) is 0 Å². The van der Waals surface area contributed by atoms with Gasteiger partial charge in [0.15, 0.2) is 0 Å². The van der Waals surface area contributed by atoms with Crippen LogP contribution in [0.4, 0.5) is 4.79 Å². The van der Waals surface area contributed by atoms with E-state index in [-0.39, 0.29) is 36.6 Å². The van der Waals surface area contributed by atoms with Crippen molar-refractivity contribution in [2.75, 3.05) is 6.54 Å². The zero-order valence-electron chi connectivity index (χ0n) is 11.8. The smallest absolute Gasteiger partial charge is 0.312 e. The van der Waals surface area contributed by atoms with Crippen molar-refractivity contribution < 1.29 is 9.59 Å². The Balaban J connectivity index is 1.64. The molecule has 0 atom stereocenters. The number of carbonyl (C=O) groups excluding carboxylic acids is 2. The maximum Gasteiger partial charge on any atom is 0.327 e. The molecule has 1 saturated heterocycles. The molecule has 7 heteroatoms. The van der Waals surface area contributed by atoms with E-state index >= 15 is 0 Å². The molecule has 4 rings (SSSR count). The number of carbonyl (C=O) groups is 2. The highest BCUT2D eigenvalue weighted by Gasteiger charge is 2.43. The number of amides is 3. The van der Waals surface area contributed by atoms with E-state index in [0.29, 0.717) is 11.3 Å². The average molecular weight is 298 g/mol. The molecule has 3 heterocycles. The van der Waals surface area contributed by atoms with E-state index in [1.54, 1.807) is 29.3 Å². The molecular formula is C15H14N4O3. The van der Waals surface area contributed by atoms with Crippen molar-refractivity contribution in [3.8, 4) is 0 Å². The van der Waals surface area contributed by atoms with Crippen LogP contribution in [0, 0.1) is 0 Å². The third-order valence-corrected chi connectivity index (χ3v) is 4.02. The number of rotatable bonds is 3. The van der Waals surface area contributed by atoms with Crippen molar-refractivity contribution in [2.24, 2.45) is 0 Å². The normalized spacial score (nSPS) is 18.5. The Morgan fingerprint density at radius 1 is 1.18 bits per heavy atom. The number of fused-ring (bicyclic) bond motifs is 1. The summed E-state index contributed by atoms with van der Waals surface area (Å²) >= 11 is 0. The summed E-state index contributed by atoms with van der Waals surface area (Å²) < 4.78 is 1.42. The van der Waals surface area contributed by atoms with Gasteiger partial charge in [-0.25, -0.2) is 9.78 Å². The molecule has 1 saturated carbocycles. The quantitative estimate of drug-likeness (QED) is 0.779. The fraction of sp³-hybridized carbons (Fsp3) is 0.333. The number of nitrogens with zero attached hydrogens (tertiary/aromatic N) is 4. The second-order valence-electron chi connectivity index (χ2n) is 5.64. The Morgan fingerprint density at radius 2 is 2.00 bits per heavy atom. The summed E-state index contributed by atoms with van der Waals surface area (Å²) in [5, 5.41) is 0. The average Bonchev–Trinajstić information content (AvgIpc) is 3.30. The van der Waals surface area contributed by atoms with E-state index in [1.807, 2.05) is 0 Å². The second kappa shape index (κ2) is 4.66. The van der Waals surface area contributed by atoms with Crippen molar-refractivity contribution in [3.05, 3.63) is 46.5 Å². The second-order valence-corrected chi connectivity index (χ2v) is 5.64. The molecule has 0 bridgehead atoms. The van der Waals surface area contributed by atoms with Gasteiger partial charge in [-0.2, -0.15) is 0 Å². The minimum absolute atomic E-state index is 0.0432. The molecule has 2 fully saturated rings. The molecule has 0 radical (unpaired) electrons. The zero-order chi connectivity index (χ0) is 15.3. The van der Waals surface area contributed by atoms with Gasteiger partial charge in [0.05, 0.1) is 12.2 Å². The van der Waals surface area contributed by atoms with Gasteiger partial charge in [0.25, 0.3) is 11.5 Å². The zero-order valence-corrected chi connectivity index (χ0v) is 11.8. The van der Waals surface area contributed by atoms with Gasteiger partial charge in [0.1, 0.15) is 12.2 Å². The minimum atomic E-state index is -0.275. The van der Waals surface area contributed by atoms with Gasteiger partial charge in [0, 0.05) is 18.3 Å². The summed E-state index contributed by atoms with van der Waals surface area (Å²) in [6.07, 6.45) is 3.56. The number of hydrogen-bond donors (Lipinski definition) is 0. The van der Waals surface area contributed by atoms with Crippen LogP contribution in [0.1, 0.15) is 18.5 Å². The van der Waals surface area contributed by atoms with Gasteiger partial charge in [-0.3, -0.25) is 18.9 Å². The number of hydrogen-bond acceptors (Lipinski definition) is 4. The van der Waals surface area contributed by atoms with Crippen LogP contribution in [0.25, 0.3) is 5.65 Å². The first-order valence-electron chi connectivity index (χ1n) is 7.22. The minimum Gasteiger partial charge on any atom is -0.312 e. The molecule has 7 nitrogen and oxygen atoms in total. The molecule has 1 aliphatic heterocycles. The molecule has 0 aromatic carbocycles. The Labute approximate surface area is 125 Å². The molecule has 1 aliphatic carbocycles. The number of imide groups is 1. The molecule has 3 amide bonds. The van der Waals surface area contributed by atoms with Crippen LogP contribution >= 0.6 is 0 Å². The van der Waals surface area contributed by atoms with Crippen LogP contribution in [0.2, 0.25) is 0 Å². The van der Waals surface area contributed by atoms with Crippen LogP contribution in [-0.4, -0.2) is 43.7 Å². The van der Waals surface area contributed by atoms with Crippen molar-refractivity contribution in [3.63, 3.8) is 0 Å². The van der Waals surface area contributed by atoms with E-state index in [2.05, 4.69) is 4.98 Å². The van der Waals surface area contributed by atoms with Gasteiger partial charge in [-0.15, -0.1) is 0 Å². The lowest BCUT2D eigenvalue weighted by Gasteiger charge is -2.16. The summed E-state index contributed by atoms with van der Waals surface area (Å²) in [5.41, 5.74) is 0.706. The van der Waals surface area contributed by atoms with E-state index in [0.717, 1.165) is 12.8 Å². The first-order chi connectivity index (χ1) is 10.6. The molecule has 0 unspecified atom stereocenters. The van der Waals surface area contributed by atoms with Gasteiger partial charge >= 0.3 is 6.03 Å². The summed E-state index contributed by atoms with van der Waals surface area (Å²) in [7, 11) is 0. The molecule has 2 aromatic heterocycles. The molecule has 112 valence electrons. The summed E-state index contributed by atoms with van der Waals surface area (Å²) in [6, 6.07) is 6.55. The summed E-state index contributed by atoms with van der Waals surface area (Å²) in [6.45, 7) is 0.178. The first kappa shape index (κ1) is 13.0. The standard InChI is InChI=1S/C15H14N4O3/c20-13-7-10(16-12-3-1-2-6-17(12)13)8-19-14(21)9-18(15(19)22)11-4-5-11/h1-3,6-7,11H,4-5,8-9H2. The monoisotopic (exact) mass is 298 g/mol. The van der Waals surface area contributed by atoms with Crippen LogP contribution in [-0.2, 0) is 11.3 Å². The first-order valence-corrected chi connectivity index (χ1v) is 7.22. The number of pyridine rings is 1. The SMILES string of the molecule is O=C1CN(C2CC2)C(=O)N1Cc1cc(=O)n2ccccc2n1. The lowest BCUT2D eigenvalue weighted by molar-refractivity contribution is -0.125. The third-order valence-electron chi connectivity index (χ3n) is 4.02. The van der Waals surface area contributed by atoms with Gasteiger partial charge < -0.3 is 4.90 Å². The topological polar surface area (TPSA) is 75.0 Å². The lowest BCUT2D eigenvalue weighted by Crippen LogP contribution is -2.34. The van der Waals surface area contributed by atoms with Crippen LogP contribution in [0.5, 0.6) is 0 Å². The Morgan fingerprint density at radius 3 is 2.77 bits per heavy atom. The molecule has 0 N–H and O–H groups in total. The molecule has 2 aliphatic rings. The largest absolute Gasteiger partial charge is 0.327 e. The van der Waals surface area contributed by atoms with E-state index in [1.165, 1.54) is 15.4 Å². The Bertz CT molecular complexity index is 840. The summed E-state index contributed by atoms with van der Waals surface area (Å²) in [5.74, 6) is -0.230. The third kappa shape index (κ3) is 2.05. The van der Waals surface area contributed by atoms with E-state index < -0.39 is 0 Å². The molecule has 2 aromatic rings. The maximum absolute atomic E-state index is 12.3. The van der Waals surface area contributed by atoms with Crippen LogP contribution in [0.15, 0.2) is 35.3 Å². The predicted octanol–water partition coefficient (Wildman–Crippen LogP) is 0.621. The van der Waals surface area contributed by atoms with E-state index in [9.17, 15) is 14.4 Å². The molecular weight excluding hydrogens is 284 g/mol. The predicted molar refractivity (Wildman–Crippen MR) is 77.1 cm³/mol. The van der Waals surface area contributed by atoms with Crippen molar-refractivity contribution in [2.45, 2.75) is 25.4 Å². The molecule has 0 spiro atoms. The van der Waals surface area contributed by atoms with Crippen molar-refractivity contribution in [1.82, 2.24) is 19.2 Å². The maximum atomic E-state index is 12.3. The van der Waals surface area contributed by atoms with Crippen LogP contribution in [0.3, 0.4) is 0 Å². The summed E-state index contributed by atoms with van der Waals surface area (Å²) in [4.78, 5) is 43.5. The van der Waals surface area contributed by atoms with Gasteiger partial charge in [-0.1, -0.05) is 6.07 Å². The highest BCUT2D eigenvalue weighted by Crippen LogP contribution is 2.30. The van der Waals surface area contributed by atoms with Gasteiger partial charge in [0.2, 0.25) is 0 Å². The highest BCUT2D eigenvalue weighted by molar-refractivity contribution is 6.02. The van der Waals surface area contributed by atoms with Gasteiger partial charge in [-0.05, 0) is 25.0 Å². The highest BCUT2D eigenvalue weighted by atomic mass is 16.2. The number of aromatic nitrogens is 2. The van der Waals surface area contributed by atoms with Crippen molar-refractivity contribution >= 4 is 17.6 Å². The number of urea groups is 1. The lowest BCUT2D eigenvalue weighted by atomic mass is 10.3. The molecule has 22 heavy (non-hydrogen) atoms. The Hall–Kier alpha value is -2.70. The fourth-order valence-electron chi connectivity index (χ4n) is 2.73. The van der Waals surface area contributed by atoms with E-state index in [4.69, 9.17) is 0 Å².